The van der Waals surface area contributed by atoms with Crippen LogP contribution in [0.15, 0.2) is 54.9 Å². The highest BCUT2D eigenvalue weighted by atomic mass is 19.4. The number of fused-ring (bicyclic) bond motifs is 3. The standard InChI is InChI=1S/C23H20F3N3O2/c24-23(25,26)16-5-2-6-17(7-16)28-10-15-4-1-3-14-9-27-11-20(21(14)15)22(30)29-12-19-8-18(29)13-31-19/h1-7,9,11,18-19,28H,8,10,12-13H2. The second kappa shape index (κ2) is 7.53. The van der Waals surface area contributed by atoms with E-state index in [1.54, 1.807) is 18.5 Å². The minimum absolute atomic E-state index is 0.0829. The van der Waals surface area contributed by atoms with Crippen LogP contribution in [0.25, 0.3) is 10.8 Å². The molecular weight excluding hydrogens is 407 g/mol. The van der Waals surface area contributed by atoms with E-state index < -0.39 is 11.7 Å². The maximum Gasteiger partial charge on any atom is 0.416 e. The SMILES string of the molecule is O=C(c1cncc2cccc(CNc3cccc(C(F)(F)F)c3)c12)N1CC2CC1CO2. The Kier molecular flexibility index (Phi) is 4.81. The maximum atomic E-state index is 13.3. The van der Waals surface area contributed by atoms with Crippen molar-refractivity contribution in [2.24, 2.45) is 0 Å². The summed E-state index contributed by atoms with van der Waals surface area (Å²) >= 11 is 0. The minimum Gasteiger partial charge on any atom is -0.381 e. The van der Waals surface area contributed by atoms with Gasteiger partial charge in [0, 0.05) is 41.9 Å². The highest BCUT2D eigenvalue weighted by molar-refractivity contribution is 6.08. The summed E-state index contributed by atoms with van der Waals surface area (Å²) in [4.78, 5) is 19.4. The van der Waals surface area contributed by atoms with E-state index in [9.17, 15) is 18.0 Å². The highest BCUT2D eigenvalue weighted by Gasteiger charge is 2.42. The topological polar surface area (TPSA) is 54.5 Å². The Bertz CT molecular complexity index is 1140. The van der Waals surface area contributed by atoms with E-state index in [1.165, 1.54) is 6.07 Å². The van der Waals surface area contributed by atoms with Gasteiger partial charge in [0.2, 0.25) is 0 Å². The molecule has 1 amide bonds. The number of alkyl halides is 3. The van der Waals surface area contributed by atoms with E-state index in [0.29, 0.717) is 24.4 Å². The number of nitrogens with zero attached hydrogens (tertiary/aromatic N) is 2. The Labute approximate surface area is 176 Å². The fraction of sp³-hybridized carbons (Fsp3) is 0.304. The molecule has 0 aliphatic carbocycles. The number of pyridine rings is 1. The molecule has 5 nitrogen and oxygen atoms in total. The number of carbonyl (C=O) groups excluding carboxylic acids is 1. The van der Waals surface area contributed by atoms with Crippen LogP contribution in [0.3, 0.4) is 0 Å². The number of rotatable bonds is 4. The highest BCUT2D eigenvalue weighted by Crippen LogP contribution is 2.33. The van der Waals surface area contributed by atoms with Gasteiger partial charge in [-0.2, -0.15) is 13.2 Å². The number of carbonyl (C=O) groups is 1. The zero-order chi connectivity index (χ0) is 21.6. The lowest BCUT2D eigenvalue weighted by Gasteiger charge is -2.27. The Morgan fingerprint density at radius 3 is 2.77 bits per heavy atom. The van der Waals surface area contributed by atoms with E-state index in [1.807, 2.05) is 23.1 Å². The third-order valence-electron chi connectivity index (χ3n) is 5.93. The van der Waals surface area contributed by atoms with Crippen molar-refractivity contribution in [3.63, 3.8) is 0 Å². The number of hydrogen-bond donors (Lipinski definition) is 1. The maximum absolute atomic E-state index is 13.3. The van der Waals surface area contributed by atoms with Crippen molar-refractivity contribution >= 4 is 22.4 Å². The number of aromatic nitrogens is 1. The monoisotopic (exact) mass is 427 g/mol. The average molecular weight is 427 g/mol. The largest absolute Gasteiger partial charge is 0.416 e. The van der Waals surface area contributed by atoms with Crippen molar-refractivity contribution in [3.8, 4) is 0 Å². The van der Waals surface area contributed by atoms with Gasteiger partial charge in [-0.05, 0) is 30.2 Å². The summed E-state index contributed by atoms with van der Waals surface area (Å²) in [7, 11) is 0. The molecule has 2 aromatic carbocycles. The second-order valence-corrected chi connectivity index (χ2v) is 7.94. The Morgan fingerprint density at radius 2 is 2.03 bits per heavy atom. The van der Waals surface area contributed by atoms with Crippen molar-refractivity contribution in [1.82, 2.24) is 9.88 Å². The van der Waals surface area contributed by atoms with Gasteiger partial charge in [0.05, 0.1) is 29.9 Å². The smallest absolute Gasteiger partial charge is 0.381 e. The van der Waals surface area contributed by atoms with Crippen LogP contribution in [0.5, 0.6) is 0 Å². The summed E-state index contributed by atoms with van der Waals surface area (Å²) in [5.41, 5.74) is 0.984. The predicted octanol–water partition coefficient (Wildman–Crippen LogP) is 4.48. The summed E-state index contributed by atoms with van der Waals surface area (Å²) in [6.45, 7) is 1.40. The van der Waals surface area contributed by atoms with Crippen molar-refractivity contribution in [2.75, 3.05) is 18.5 Å². The van der Waals surface area contributed by atoms with Crippen molar-refractivity contribution in [2.45, 2.75) is 31.3 Å². The first-order valence-corrected chi connectivity index (χ1v) is 10.1. The molecule has 2 bridgehead atoms. The van der Waals surface area contributed by atoms with Crippen LogP contribution in [0.1, 0.15) is 27.9 Å². The number of morpholine rings is 1. The van der Waals surface area contributed by atoms with Crippen molar-refractivity contribution in [1.29, 1.82) is 0 Å². The van der Waals surface area contributed by atoms with Gasteiger partial charge in [-0.3, -0.25) is 9.78 Å². The molecule has 0 spiro atoms. The van der Waals surface area contributed by atoms with Gasteiger partial charge >= 0.3 is 6.18 Å². The fourth-order valence-corrected chi connectivity index (χ4v) is 4.43. The fourth-order valence-electron chi connectivity index (χ4n) is 4.43. The van der Waals surface area contributed by atoms with E-state index in [2.05, 4.69) is 10.3 Å². The second-order valence-electron chi connectivity index (χ2n) is 7.94. The molecular formula is C23H20F3N3O2. The molecule has 2 unspecified atom stereocenters. The molecule has 0 radical (unpaired) electrons. The Hall–Kier alpha value is -3.13. The van der Waals surface area contributed by atoms with E-state index in [4.69, 9.17) is 4.74 Å². The molecule has 3 aromatic rings. The average Bonchev–Trinajstić information content (AvgIpc) is 3.40. The number of halogens is 3. The molecule has 2 aliphatic rings. The molecule has 2 saturated heterocycles. The van der Waals surface area contributed by atoms with Gasteiger partial charge in [-0.25, -0.2) is 0 Å². The number of anilines is 1. The van der Waals surface area contributed by atoms with Crippen LogP contribution in [-0.4, -0.2) is 41.1 Å². The summed E-state index contributed by atoms with van der Waals surface area (Å²) in [6.07, 6.45) is -0.182. The summed E-state index contributed by atoms with van der Waals surface area (Å²) in [5.74, 6) is -0.0829. The first-order valence-electron chi connectivity index (χ1n) is 10.1. The number of ether oxygens (including phenoxy) is 1. The van der Waals surface area contributed by atoms with Gasteiger partial charge in [0.1, 0.15) is 0 Å². The van der Waals surface area contributed by atoms with Gasteiger partial charge < -0.3 is 15.0 Å². The summed E-state index contributed by atoms with van der Waals surface area (Å²) in [5, 5.41) is 4.65. The number of likely N-dealkylation sites (tertiary alicyclic amines) is 1. The zero-order valence-electron chi connectivity index (χ0n) is 16.5. The first kappa shape index (κ1) is 19.8. The zero-order valence-corrected chi connectivity index (χ0v) is 16.5. The molecule has 2 atom stereocenters. The van der Waals surface area contributed by atoms with Gasteiger partial charge in [0.25, 0.3) is 5.91 Å². The van der Waals surface area contributed by atoms with Crippen LogP contribution in [-0.2, 0) is 17.5 Å². The van der Waals surface area contributed by atoms with Gasteiger partial charge in [-0.15, -0.1) is 0 Å². The van der Waals surface area contributed by atoms with Crippen LogP contribution in [0.4, 0.5) is 18.9 Å². The van der Waals surface area contributed by atoms with Gasteiger partial charge in [0.15, 0.2) is 0 Å². The molecule has 2 aliphatic heterocycles. The molecule has 2 fully saturated rings. The minimum atomic E-state index is -4.40. The van der Waals surface area contributed by atoms with E-state index in [0.717, 1.165) is 34.9 Å². The summed E-state index contributed by atoms with van der Waals surface area (Å²) < 4.78 is 44.6. The third kappa shape index (κ3) is 3.72. The van der Waals surface area contributed by atoms with Crippen molar-refractivity contribution < 1.29 is 22.7 Å². The number of nitrogens with one attached hydrogen (secondary N) is 1. The normalized spacial score (nSPS) is 20.4. The summed E-state index contributed by atoms with van der Waals surface area (Å²) in [6, 6.07) is 10.8. The van der Waals surface area contributed by atoms with Crippen LogP contribution in [0.2, 0.25) is 0 Å². The Balaban J connectivity index is 1.45. The van der Waals surface area contributed by atoms with Crippen molar-refractivity contribution in [3.05, 3.63) is 71.5 Å². The van der Waals surface area contributed by atoms with Gasteiger partial charge in [-0.1, -0.05) is 24.3 Å². The van der Waals surface area contributed by atoms with Crippen LogP contribution >= 0.6 is 0 Å². The molecule has 31 heavy (non-hydrogen) atoms. The molecule has 3 heterocycles. The number of hydrogen-bond acceptors (Lipinski definition) is 4. The lowest BCUT2D eigenvalue weighted by atomic mass is 10.0. The van der Waals surface area contributed by atoms with Crippen LogP contribution in [0, 0.1) is 0 Å². The number of benzene rings is 2. The van der Waals surface area contributed by atoms with Crippen LogP contribution < -0.4 is 5.32 Å². The molecule has 160 valence electrons. The molecule has 8 heteroatoms. The molecule has 1 aromatic heterocycles. The molecule has 0 saturated carbocycles. The Morgan fingerprint density at radius 1 is 1.19 bits per heavy atom. The first-order chi connectivity index (χ1) is 14.9. The molecule has 5 rings (SSSR count). The quantitative estimate of drug-likeness (QED) is 0.667. The predicted molar refractivity (Wildman–Crippen MR) is 110 cm³/mol. The van der Waals surface area contributed by atoms with E-state index in [-0.39, 0.29) is 24.6 Å². The lowest BCUT2D eigenvalue weighted by Crippen LogP contribution is -2.41. The third-order valence-corrected chi connectivity index (χ3v) is 5.93. The number of amides is 1. The van der Waals surface area contributed by atoms with E-state index >= 15 is 0 Å². The molecule has 1 N–H and O–H groups in total. The lowest BCUT2D eigenvalue weighted by molar-refractivity contribution is -0.137.